The van der Waals surface area contributed by atoms with E-state index in [-0.39, 0.29) is 16.5 Å². The number of aromatic nitrogens is 4. The summed E-state index contributed by atoms with van der Waals surface area (Å²) in [5.41, 5.74) is -0.140. The summed E-state index contributed by atoms with van der Waals surface area (Å²) >= 11 is 0. The average Bonchev–Trinajstić information content (AvgIpc) is 3.00. The van der Waals surface area contributed by atoms with Crippen LogP contribution >= 0.6 is 0 Å². The lowest BCUT2D eigenvalue weighted by Crippen LogP contribution is -2.45. The molecule has 2 aromatic heterocycles. The molecule has 4 rings (SSSR count). The van der Waals surface area contributed by atoms with Gasteiger partial charge in [-0.15, -0.1) is 5.10 Å². The number of fused-ring (bicyclic) bond motifs is 3. The molecule has 0 amide bonds. The highest BCUT2D eigenvalue weighted by Gasteiger charge is 2.24. The van der Waals surface area contributed by atoms with Crippen molar-refractivity contribution in [1.29, 1.82) is 5.26 Å². The lowest BCUT2D eigenvalue weighted by atomic mass is 10.1. The first-order valence-electron chi connectivity index (χ1n) is 7.88. The number of nitriles is 1. The molecule has 0 spiro atoms. The van der Waals surface area contributed by atoms with Gasteiger partial charge in [0.2, 0.25) is 5.95 Å². The van der Waals surface area contributed by atoms with Crippen molar-refractivity contribution in [2.24, 2.45) is 0 Å². The highest BCUT2D eigenvalue weighted by molar-refractivity contribution is 5.93. The number of piperazine rings is 1. The third-order valence-corrected chi connectivity index (χ3v) is 4.44. The van der Waals surface area contributed by atoms with Crippen molar-refractivity contribution in [2.45, 2.75) is 6.92 Å². The van der Waals surface area contributed by atoms with Gasteiger partial charge in [0.05, 0.1) is 5.56 Å². The Hall–Kier alpha value is -2.86. The van der Waals surface area contributed by atoms with E-state index < -0.39 is 11.6 Å². The minimum atomic E-state index is -1.19. The Labute approximate surface area is 142 Å². The van der Waals surface area contributed by atoms with Crippen molar-refractivity contribution >= 4 is 22.5 Å². The molecule has 7 nitrogen and oxygen atoms in total. The number of anilines is 1. The monoisotopic (exact) mass is 343 g/mol. The van der Waals surface area contributed by atoms with Crippen molar-refractivity contribution in [3.8, 4) is 6.07 Å². The molecular weight excluding hydrogens is 328 g/mol. The van der Waals surface area contributed by atoms with E-state index in [0.717, 1.165) is 13.1 Å². The number of likely N-dealkylation sites (N-methyl/N-ethyl adjacent to an activating group) is 1. The van der Waals surface area contributed by atoms with Gasteiger partial charge in [-0.1, -0.05) is 0 Å². The Morgan fingerprint density at radius 1 is 1.12 bits per heavy atom. The van der Waals surface area contributed by atoms with Gasteiger partial charge in [-0.2, -0.15) is 9.78 Å². The van der Waals surface area contributed by atoms with Gasteiger partial charge in [0, 0.05) is 31.6 Å². The molecule has 3 aromatic rings. The van der Waals surface area contributed by atoms with E-state index in [9.17, 15) is 8.78 Å². The topological polar surface area (TPSA) is 73.4 Å². The van der Waals surface area contributed by atoms with Crippen molar-refractivity contribution < 1.29 is 8.78 Å². The Morgan fingerprint density at radius 2 is 1.84 bits per heavy atom. The SMILES string of the molecule is Cc1nc2c3cc(C#N)c(F)c(F)c3nc(N3CCN(C)CC3)n2n1. The van der Waals surface area contributed by atoms with E-state index in [2.05, 4.69) is 20.0 Å². The summed E-state index contributed by atoms with van der Waals surface area (Å²) in [6.07, 6.45) is 0. The molecule has 0 radical (unpaired) electrons. The molecular formula is C16H15F2N7. The molecule has 0 unspecified atom stereocenters. The molecule has 9 heteroatoms. The summed E-state index contributed by atoms with van der Waals surface area (Å²) in [5, 5.41) is 13.7. The second kappa shape index (κ2) is 5.60. The van der Waals surface area contributed by atoms with Crippen LogP contribution < -0.4 is 4.90 Å². The standard InChI is InChI=1S/C16H15F2N7/c1-9-20-15-11-7-10(8-19)12(17)13(18)14(11)21-16(25(15)22-9)24-5-3-23(2)4-6-24/h7H,3-6H2,1-2H3. The highest BCUT2D eigenvalue weighted by Crippen LogP contribution is 2.28. The fourth-order valence-corrected chi connectivity index (χ4v) is 3.06. The molecule has 0 saturated carbocycles. The van der Waals surface area contributed by atoms with Crippen LogP contribution in [0.5, 0.6) is 0 Å². The summed E-state index contributed by atoms with van der Waals surface area (Å²) in [7, 11) is 2.03. The molecule has 1 fully saturated rings. The van der Waals surface area contributed by atoms with Gasteiger partial charge in [0.25, 0.3) is 0 Å². The minimum absolute atomic E-state index is 0.134. The summed E-state index contributed by atoms with van der Waals surface area (Å²) in [4.78, 5) is 12.8. The van der Waals surface area contributed by atoms with Gasteiger partial charge in [0.15, 0.2) is 17.3 Å². The molecule has 1 saturated heterocycles. The molecule has 1 aliphatic heterocycles. The predicted octanol–water partition coefficient (Wildman–Crippen LogP) is 1.49. The van der Waals surface area contributed by atoms with Gasteiger partial charge in [-0.25, -0.2) is 18.7 Å². The summed E-state index contributed by atoms with van der Waals surface area (Å²) in [6, 6.07) is 2.94. The molecule has 25 heavy (non-hydrogen) atoms. The van der Waals surface area contributed by atoms with E-state index in [4.69, 9.17) is 5.26 Å². The number of hydrogen-bond donors (Lipinski definition) is 0. The molecule has 1 aliphatic rings. The molecule has 0 N–H and O–H groups in total. The summed E-state index contributed by atoms with van der Waals surface area (Å²) < 4.78 is 30.1. The van der Waals surface area contributed by atoms with Crippen molar-refractivity contribution in [3.63, 3.8) is 0 Å². The van der Waals surface area contributed by atoms with Gasteiger partial charge in [-0.3, -0.25) is 0 Å². The quantitative estimate of drug-likeness (QED) is 0.666. The smallest absolute Gasteiger partial charge is 0.229 e. The Morgan fingerprint density at radius 3 is 2.52 bits per heavy atom. The fourth-order valence-electron chi connectivity index (χ4n) is 3.06. The maximum absolute atomic E-state index is 14.5. The highest BCUT2D eigenvalue weighted by atomic mass is 19.2. The largest absolute Gasteiger partial charge is 0.338 e. The van der Waals surface area contributed by atoms with Crippen LogP contribution in [0.4, 0.5) is 14.7 Å². The first kappa shape index (κ1) is 15.7. The van der Waals surface area contributed by atoms with E-state index in [0.29, 0.717) is 30.5 Å². The number of aryl methyl sites for hydroxylation is 1. The minimum Gasteiger partial charge on any atom is -0.338 e. The number of hydrogen-bond acceptors (Lipinski definition) is 6. The number of halogens is 2. The van der Waals surface area contributed by atoms with Crippen LogP contribution in [-0.2, 0) is 0 Å². The molecule has 0 atom stereocenters. The first-order chi connectivity index (χ1) is 12.0. The third kappa shape index (κ3) is 2.37. The van der Waals surface area contributed by atoms with E-state index in [1.54, 1.807) is 17.5 Å². The fraction of sp³-hybridized carbons (Fsp3) is 0.375. The van der Waals surface area contributed by atoms with E-state index in [1.165, 1.54) is 6.07 Å². The third-order valence-electron chi connectivity index (χ3n) is 4.44. The molecule has 1 aromatic carbocycles. The van der Waals surface area contributed by atoms with Crippen LogP contribution in [0.3, 0.4) is 0 Å². The zero-order valence-electron chi connectivity index (χ0n) is 13.8. The number of rotatable bonds is 1. The van der Waals surface area contributed by atoms with Crippen LogP contribution in [0.15, 0.2) is 6.07 Å². The predicted molar refractivity (Wildman–Crippen MR) is 87.4 cm³/mol. The number of benzene rings is 1. The average molecular weight is 343 g/mol. The maximum Gasteiger partial charge on any atom is 0.229 e. The summed E-state index contributed by atoms with van der Waals surface area (Å²) in [5.74, 6) is -1.40. The first-order valence-corrected chi connectivity index (χ1v) is 7.88. The van der Waals surface area contributed by atoms with Crippen molar-refractivity contribution in [1.82, 2.24) is 24.5 Å². The zero-order valence-corrected chi connectivity index (χ0v) is 13.8. The Kier molecular flexibility index (Phi) is 3.51. The van der Waals surface area contributed by atoms with E-state index in [1.807, 2.05) is 11.9 Å². The molecule has 128 valence electrons. The molecule has 0 aliphatic carbocycles. The lowest BCUT2D eigenvalue weighted by Gasteiger charge is -2.33. The maximum atomic E-state index is 14.5. The van der Waals surface area contributed by atoms with Crippen LogP contribution in [0.1, 0.15) is 11.4 Å². The number of nitrogens with zero attached hydrogens (tertiary/aromatic N) is 7. The normalized spacial score (nSPS) is 15.9. The zero-order chi connectivity index (χ0) is 17.7. The van der Waals surface area contributed by atoms with Crippen LogP contribution in [0.2, 0.25) is 0 Å². The summed E-state index contributed by atoms with van der Waals surface area (Å²) in [6.45, 7) is 4.78. The van der Waals surface area contributed by atoms with Gasteiger partial charge in [0.1, 0.15) is 17.4 Å². The second-order valence-electron chi connectivity index (χ2n) is 6.16. The van der Waals surface area contributed by atoms with Gasteiger partial charge in [-0.05, 0) is 20.0 Å². The van der Waals surface area contributed by atoms with Crippen molar-refractivity contribution in [2.75, 3.05) is 38.1 Å². The van der Waals surface area contributed by atoms with Crippen LogP contribution in [0, 0.1) is 29.9 Å². The second-order valence-corrected chi connectivity index (χ2v) is 6.16. The van der Waals surface area contributed by atoms with Crippen LogP contribution in [-0.4, -0.2) is 57.7 Å². The van der Waals surface area contributed by atoms with Crippen molar-refractivity contribution in [3.05, 3.63) is 29.1 Å². The van der Waals surface area contributed by atoms with Crippen LogP contribution in [0.25, 0.3) is 16.6 Å². The van der Waals surface area contributed by atoms with Gasteiger partial charge < -0.3 is 9.80 Å². The van der Waals surface area contributed by atoms with E-state index >= 15 is 0 Å². The van der Waals surface area contributed by atoms with Gasteiger partial charge >= 0.3 is 0 Å². The Balaban J connectivity index is 2.03. The molecule has 3 heterocycles. The Bertz CT molecular complexity index is 1030. The molecule has 0 bridgehead atoms. The lowest BCUT2D eigenvalue weighted by molar-refractivity contribution is 0.310.